The lowest BCUT2D eigenvalue weighted by molar-refractivity contribution is 1.18. The van der Waals surface area contributed by atoms with Gasteiger partial charge in [0.15, 0.2) is 0 Å². The first-order chi connectivity index (χ1) is 9.15. The molecule has 0 saturated carbocycles. The zero-order chi connectivity index (χ0) is 13.4. The molecule has 3 nitrogen and oxygen atoms in total. The number of nitrogens with zero attached hydrogens (tertiary/aromatic N) is 1. The van der Waals surface area contributed by atoms with Crippen molar-refractivity contribution in [3.63, 3.8) is 0 Å². The number of rotatable bonds is 1. The molecule has 0 saturated heterocycles. The van der Waals surface area contributed by atoms with Crippen molar-refractivity contribution in [2.45, 2.75) is 0 Å². The van der Waals surface area contributed by atoms with E-state index in [0.29, 0.717) is 21.7 Å². The SMILES string of the molecule is O=c1[nH]c(-c2ccc(I)c(Cl)c2)nc2ccccc12. The minimum Gasteiger partial charge on any atom is -0.306 e. The lowest BCUT2D eigenvalue weighted by atomic mass is 10.2. The van der Waals surface area contributed by atoms with Gasteiger partial charge in [0.05, 0.1) is 15.9 Å². The van der Waals surface area contributed by atoms with E-state index in [1.54, 1.807) is 12.1 Å². The molecule has 1 aromatic heterocycles. The molecular weight excluding hydrogens is 375 g/mol. The van der Waals surface area contributed by atoms with Crippen LogP contribution < -0.4 is 5.56 Å². The molecule has 0 bridgehead atoms. The summed E-state index contributed by atoms with van der Waals surface area (Å²) < 4.78 is 0.964. The number of H-pyrrole nitrogens is 1. The molecule has 0 radical (unpaired) electrons. The van der Waals surface area contributed by atoms with Gasteiger partial charge in [-0.2, -0.15) is 0 Å². The van der Waals surface area contributed by atoms with Gasteiger partial charge in [-0.3, -0.25) is 4.79 Å². The maximum atomic E-state index is 12.0. The van der Waals surface area contributed by atoms with Crippen molar-refractivity contribution in [1.82, 2.24) is 9.97 Å². The highest BCUT2D eigenvalue weighted by molar-refractivity contribution is 14.1. The molecule has 1 heterocycles. The molecule has 3 aromatic rings. The number of nitrogens with one attached hydrogen (secondary N) is 1. The van der Waals surface area contributed by atoms with Crippen molar-refractivity contribution in [2.75, 3.05) is 0 Å². The number of aromatic nitrogens is 2. The highest BCUT2D eigenvalue weighted by Crippen LogP contribution is 2.24. The average molecular weight is 383 g/mol. The van der Waals surface area contributed by atoms with E-state index in [0.717, 1.165) is 9.13 Å². The average Bonchev–Trinajstić information content (AvgIpc) is 2.42. The molecule has 3 rings (SSSR count). The van der Waals surface area contributed by atoms with Gasteiger partial charge in [-0.15, -0.1) is 0 Å². The van der Waals surface area contributed by atoms with Crippen molar-refractivity contribution in [2.24, 2.45) is 0 Å². The van der Waals surface area contributed by atoms with Crippen LogP contribution in [0.3, 0.4) is 0 Å². The van der Waals surface area contributed by atoms with E-state index in [-0.39, 0.29) is 5.56 Å². The number of benzene rings is 2. The summed E-state index contributed by atoms with van der Waals surface area (Å²) in [6.45, 7) is 0. The van der Waals surface area contributed by atoms with Crippen molar-refractivity contribution in [3.8, 4) is 11.4 Å². The first-order valence-electron chi connectivity index (χ1n) is 5.59. The topological polar surface area (TPSA) is 45.8 Å². The van der Waals surface area contributed by atoms with E-state index >= 15 is 0 Å². The molecule has 0 atom stereocenters. The summed E-state index contributed by atoms with van der Waals surface area (Å²) in [5.74, 6) is 0.530. The standard InChI is InChI=1S/C14H8ClIN2O/c15-10-7-8(5-6-11(10)16)13-17-12-4-2-1-3-9(12)14(19)18-13/h1-7H,(H,17,18,19). The number of hydrogen-bond donors (Lipinski definition) is 1. The highest BCUT2D eigenvalue weighted by atomic mass is 127. The van der Waals surface area contributed by atoms with E-state index in [1.807, 2.05) is 30.3 Å². The quantitative estimate of drug-likeness (QED) is 0.650. The van der Waals surface area contributed by atoms with Gasteiger partial charge in [0.2, 0.25) is 0 Å². The van der Waals surface area contributed by atoms with Crippen LogP contribution in [0.1, 0.15) is 0 Å². The lowest BCUT2D eigenvalue weighted by Gasteiger charge is -2.04. The number of halogens is 2. The molecule has 94 valence electrons. The number of aromatic amines is 1. The van der Waals surface area contributed by atoms with Crippen LogP contribution >= 0.6 is 34.2 Å². The Morgan fingerprint density at radius 1 is 1.16 bits per heavy atom. The van der Waals surface area contributed by atoms with E-state index in [9.17, 15) is 4.79 Å². The molecule has 1 N–H and O–H groups in total. The Morgan fingerprint density at radius 2 is 1.95 bits per heavy atom. The van der Waals surface area contributed by atoms with Gasteiger partial charge in [0, 0.05) is 9.13 Å². The Morgan fingerprint density at radius 3 is 2.74 bits per heavy atom. The monoisotopic (exact) mass is 382 g/mol. The molecule has 0 aliphatic carbocycles. The number of fused-ring (bicyclic) bond motifs is 1. The molecule has 0 fully saturated rings. The van der Waals surface area contributed by atoms with E-state index in [2.05, 4.69) is 32.6 Å². The highest BCUT2D eigenvalue weighted by Gasteiger charge is 2.07. The van der Waals surface area contributed by atoms with Crippen molar-refractivity contribution >= 4 is 45.1 Å². The van der Waals surface area contributed by atoms with Gasteiger partial charge in [0.25, 0.3) is 5.56 Å². The lowest BCUT2D eigenvalue weighted by Crippen LogP contribution is -2.09. The third kappa shape index (κ3) is 2.37. The second-order valence-electron chi connectivity index (χ2n) is 4.06. The van der Waals surface area contributed by atoms with Crippen LogP contribution in [0.25, 0.3) is 22.3 Å². The Hall–Kier alpha value is -1.40. The van der Waals surface area contributed by atoms with Gasteiger partial charge >= 0.3 is 0 Å². The second-order valence-corrected chi connectivity index (χ2v) is 5.63. The predicted molar refractivity (Wildman–Crippen MR) is 85.5 cm³/mol. The van der Waals surface area contributed by atoms with Crippen molar-refractivity contribution in [3.05, 3.63) is 61.4 Å². The molecule has 0 spiro atoms. The molecule has 19 heavy (non-hydrogen) atoms. The normalized spacial score (nSPS) is 10.8. The molecule has 0 amide bonds. The van der Waals surface area contributed by atoms with Crippen LogP contribution in [0, 0.1) is 3.57 Å². The number of para-hydroxylation sites is 1. The Kier molecular flexibility index (Phi) is 3.28. The van der Waals surface area contributed by atoms with Crippen LogP contribution in [0.2, 0.25) is 5.02 Å². The van der Waals surface area contributed by atoms with Gasteiger partial charge in [0.1, 0.15) is 5.82 Å². The van der Waals surface area contributed by atoms with Crippen LogP contribution in [-0.2, 0) is 0 Å². The Labute approximate surface area is 127 Å². The summed E-state index contributed by atoms with van der Waals surface area (Å²) in [6, 6.07) is 12.8. The zero-order valence-electron chi connectivity index (χ0n) is 9.65. The maximum absolute atomic E-state index is 12.0. The largest absolute Gasteiger partial charge is 0.306 e. The summed E-state index contributed by atoms with van der Waals surface area (Å²) in [7, 11) is 0. The fourth-order valence-corrected chi connectivity index (χ4v) is 2.38. The first-order valence-corrected chi connectivity index (χ1v) is 7.05. The third-order valence-electron chi connectivity index (χ3n) is 2.81. The summed E-state index contributed by atoms with van der Waals surface area (Å²) in [5, 5.41) is 1.23. The second kappa shape index (κ2) is 4.94. The fraction of sp³-hybridized carbons (Fsp3) is 0. The molecule has 0 unspecified atom stereocenters. The third-order valence-corrected chi connectivity index (χ3v) is 4.38. The van der Waals surface area contributed by atoms with E-state index < -0.39 is 0 Å². The minimum absolute atomic E-state index is 0.143. The molecular formula is C14H8ClIN2O. The first kappa shape index (κ1) is 12.6. The summed E-state index contributed by atoms with van der Waals surface area (Å²) in [4.78, 5) is 19.2. The molecule has 0 aliphatic rings. The van der Waals surface area contributed by atoms with Gasteiger partial charge < -0.3 is 4.98 Å². The van der Waals surface area contributed by atoms with Crippen LogP contribution in [-0.4, -0.2) is 9.97 Å². The Bertz CT molecular complexity index is 829. The zero-order valence-corrected chi connectivity index (χ0v) is 12.6. The van der Waals surface area contributed by atoms with E-state index in [1.165, 1.54) is 0 Å². The van der Waals surface area contributed by atoms with Gasteiger partial charge in [-0.25, -0.2) is 4.98 Å². The van der Waals surface area contributed by atoms with Gasteiger partial charge in [-0.1, -0.05) is 29.8 Å². The smallest absolute Gasteiger partial charge is 0.259 e. The van der Waals surface area contributed by atoms with Crippen molar-refractivity contribution in [1.29, 1.82) is 0 Å². The molecule has 5 heteroatoms. The van der Waals surface area contributed by atoms with E-state index in [4.69, 9.17) is 11.6 Å². The summed E-state index contributed by atoms with van der Waals surface area (Å²) in [5.41, 5.74) is 1.33. The summed E-state index contributed by atoms with van der Waals surface area (Å²) >= 11 is 8.25. The summed E-state index contributed by atoms with van der Waals surface area (Å²) in [6.07, 6.45) is 0. The van der Waals surface area contributed by atoms with Gasteiger partial charge in [-0.05, 0) is 46.9 Å². The molecule has 0 aliphatic heterocycles. The van der Waals surface area contributed by atoms with Crippen LogP contribution in [0.15, 0.2) is 47.3 Å². The predicted octanol–water partition coefficient (Wildman–Crippen LogP) is 3.85. The van der Waals surface area contributed by atoms with Crippen molar-refractivity contribution < 1.29 is 0 Å². The maximum Gasteiger partial charge on any atom is 0.259 e. The van der Waals surface area contributed by atoms with Crippen LogP contribution in [0.4, 0.5) is 0 Å². The fourth-order valence-electron chi connectivity index (χ4n) is 1.87. The number of hydrogen-bond acceptors (Lipinski definition) is 2. The van der Waals surface area contributed by atoms with Crippen LogP contribution in [0.5, 0.6) is 0 Å². The Balaban J connectivity index is 2.25. The minimum atomic E-state index is -0.143. The molecule has 2 aromatic carbocycles.